The van der Waals surface area contributed by atoms with Crippen LogP contribution in [-0.4, -0.2) is 12.1 Å². The molecule has 2 heteroatoms. The van der Waals surface area contributed by atoms with Crippen LogP contribution in [0.3, 0.4) is 0 Å². The Hall–Kier alpha value is -1.02. The van der Waals surface area contributed by atoms with Crippen molar-refractivity contribution in [3.8, 4) is 0 Å². The normalized spacial score (nSPS) is 20.1. The van der Waals surface area contributed by atoms with E-state index < -0.39 is 0 Å². The average Bonchev–Trinajstić information content (AvgIpc) is 2.18. The minimum atomic E-state index is 0.292. The molecule has 1 aliphatic rings. The molecule has 0 heterocycles. The van der Waals surface area contributed by atoms with Crippen molar-refractivity contribution < 1.29 is 0 Å². The monoisotopic (exact) mass is 205 g/mol. The van der Waals surface area contributed by atoms with Gasteiger partial charge in [-0.1, -0.05) is 38.7 Å². The molecule has 0 amide bonds. The number of hydrogen-bond donors (Lipinski definition) is 0. The van der Waals surface area contributed by atoms with Crippen LogP contribution < -0.4 is 0 Å². The molecule has 0 unspecified atom stereocenters. The molecule has 0 aliphatic heterocycles. The number of nitrogens with zero attached hydrogens (tertiary/aromatic N) is 2. The summed E-state index contributed by atoms with van der Waals surface area (Å²) < 4.78 is 0. The molecule has 0 saturated carbocycles. The first kappa shape index (κ1) is 12.1. The van der Waals surface area contributed by atoms with E-state index in [2.05, 4.69) is 44.1 Å². The molecule has 0 fully saturated rings. The Morgan fingerprint density at radius 2 is 2.27 bits per heavy atom. The van der Waals surface area contributed by atoms with Crippen LogP contribution in [0.15, 0.2) is 36.7 Å². The summed E-state index contributed by atoms with van der Waals surface area (Å²) in [6.45, 7) is 8.31. The van der Waals surface area contributed by atoms with Crippen molar-refractivity contribution in [1.82, 2.24) is 5.01 Å². The van der Waals surface area contributed by atoms with Gasteiger partial charge < -0.3 is 10.4 Å². The Balaban J connectivity index is 2.74. The predicted molar refractivity (Wildman–Crippen MR) is 66.2 cm³/mol. The highest BCUT2D eigenvalue weighted by molar-refractivity contribution is 5.13. The first-order valence-electron chi connectivity index (χ1n) is 5.47. The maximum atomic E-state index is 4.17. The first-order chi connectivity index (χ1) is 7.09. The van der Waals surface area contributed by atoms with E-state index in [1.54, 1.807) is 13.2 Å². The lowest BCUT2D eigenvalue weighted by atomic mass is 9.85. The maximum Gasteiger partial charge on any atom is -0.00359 e. The van der Waals surface area contributed by atoms with Gasteiger partial charge in [-0.25, -0.2) is 0 Å². The smallest absolute Gasteiger partial charge is 0.00359 e. The van der Waals surface area contributed by atoms with Crippen molar-refractivity contribution in [3.05, 3.63) is 42.1 Å². The molecule has 0 radical (unpaired) electrons. The Morgan fingerprint density at radius 1 is 1.53 bits per heavy atom. The molecule has 0 aromatic heterocycles. The summed E-state index contributed by atoms with van der Waals surface area (Å²) in [5.41, 5.74) is 5.72. The van der Waals surface area contributed by atoms with Crippen LogP contribution in [0.2, 0.25) is 0 Å². The lowest BCUT2D eigenvalue weighted by Crippen LogP contribution is -2.15. The van der Waals surface area contributed by atoms with Gasteiger partial charge in [-0.3, -0.25) is 0 Å². The SMILES string of the molecule is C=CN([N-]C)C1=CCC=CC(C)(C)CC1. The van der Waals surface area contributed by atoms with Gasteiger partial charge >= 0.3 is 0 Å². The highest BCUT2D eigenvalue weighted by Gasteiger charge is 2.15. The van der Waals surface area contributed by atoms with E-state index in [-0.39, 0.29) is 0 Å². The summed E-state index contributed by atoms with van der Waals surface area (Å²) in [7, 11) is 1.79. The standard InChI is InChI=1S/C13H21N2/c1-5-15(14-4)12-8-6-7-10-13(2,3)11-9-12/h5,7-8,10H,1,6,9,11H2,2-4H3/q-1. The maximum absolute atomic E-state index is 4.17. The lowest BCUT2D eigenvalue weighted by molar-refractivity contribution is 0.408. The van der Waals surface area contributed by atoms with Crippen LogP contribution in [0.4, 0.5) is 0 Å². The molecule has 0 saturated heterocycles. The average molecular weight is 205 g/mol. The second-order valence-corrected chi connectivity index (χ2v) is 4.55. The zero-order valence-corrected chi connectivity index (χ0v) is 10.0. The van der Waals surface area contributed by atoms with E-state index >= 15 is 0 Å². The van der Waals surface area contributed by atoms with Crippen molar-refractivity contribution in [1.29, 1.82) is 0 Å². The summed E-state index contributed by atoms with van der Waals surface area (Å²) in [4.78, 5) is 0. The summed E-state index contributed by atoms with van der Waals surface area (Å²) >= 11 is 0. The van der Waals surface area contributed by atoms with Crippen molar-refractivity contribution >= 4 is 0 Å². The van der Waals surface area contributed by atoms with E-state index in [4.69, 9.17) is 0 Å². The van der Waals surface area contributed by atoms with E-state index in [1.165, 1.54) is 5.70 Å². The van der Waals surface area contributed by atoms with E-state index in [9.17, 15) is 0 Å². The molecule has 1 aliphatic carbocycles. The minimum Gasteiger partial charge on any atom is -0.567 e. The van der Waals surface area contributed by atoms with Gasteiger partial charge in [0.25, 0.3) is 0 Å². The quantitative estimate of drug-likeness (QED) is 0.503. The fourth-order valence-corrected chi connectivity index (χ4v) is 1.76. The molecule has 1 rings (SSSR count). The summed E-state index contributed by atoms with van der Waals surface area (Å²) in [6.07, 6.45) is 11.7. The summed E-state index contributed by atoms with van der Waals surface area (Å²) in [5.74, 6) is 0. The van der Waals surface area contributed by atoms with E-state index in [0.717, 1.165) is 19.3 Å². The zero-order valence-electron chi connectivity index (χ0n) is 10.0. The highest BCUT2D eigenvalue weighted by Crippen LogP contribution is 2.30. The molecule has 0 spiro atoms. The zero-order chi connectivity index (χ0) is 11.3. The topological polar surface area (TPSA) is 17.3 Å². The van der Waals surface area contributed by atoms with Gasteiger partial charge in [-0.2, -0.15) is 0 Å². The Kier molecular flexibility index (Phi) is 4.15. The molecular formula is C13H21N2-. The van der Waals surface area contributed by atoms with Crippen molar-refractivity contribution in [2.24, 2.45) is 5.41 Å². The minimum absolute atomic E-state index is 0.292. The molecule has 0 bridgehead atoms. The number of rotatable bonds is 3. The van der Waals surface area contributed by atoms with Crippen LogP contribution >= 0.6 is 0 Å². The second kappa shape index (κ2) is 5.17. The van der Waals surface area contributed by atoms with Crippen molar-refractivity contribution in [2.75, 3.05) is 7.05 Å². The van der Waals surface area contributed by atoms with Crippen molar-refractivity contribution in [2.45, 2.75) is 33.1 Å². The predicted octanol–water partition coefficient (Wildman–Crippen LogP) is 4.00. The van der Waals surface area contributed by atoms with Gasteiger partial charge in [0, 0.05) is 0 Å². The molecule has 0 aromatic rings. The van der Waals surface area contributed by atoms with Crippen LogP contribution in [0.25, 0.3) is 5.43 Å². The van der Waals surface area contributed by atoms with Gasteiger partial charge in [0.2, 0.25) is 0 Å². The fraction of sp³-hybridized carbons (Fsp3) is 0.538. The second-order valence-electron chi connectivity index (χ2n) is 4.55. The third kappa shape index (κ3) is 3.56. The Morgan fingerprint density at radius 3 is 2.87 bits per heavy atom. The summed E-state index contributed by atoms with van der Waals surface area (Å²) in [6, 6.07) is 0. The van der Waals surface area contributed by atoms with Gasteiger partial charge in [-0.05, 0) is 36.6 Å². The van der Waals surface area contributed by atoms with Gasteiger partial charge in [0.15, 0.2) is 0 Å². The van der Waals surface area contributed by atoms with Crippen LogP contribution in [0, 0.1) is 5.41 Å². The van der Waals surface area contributed by atoms with Crippen LogP contribution in [0.1, 0.15) is 33.1 Å². The lowest BCUT2D eigenvalue weighted by Gasteiger charge is -2.37. The van der Waals surface area contributed by atoms with Crippen LogP contribution in [-0.2, 0) is 0 Å². The largest absolute Gasteiger partial charge is 0.567 e. The molecular weight excluding hydrogens is 184 g/mol. The van der Waals surface area contributed by atoms with Crippen molar-refractivity contribution in [3.63, 3.8) is 0 Å². The molecule has 2 nitrogen and oxygen atoms in total. The molecule has 0 N–H and O–H groups in total. The Bertz CT molecular complexity index is 274. The molecule has 0 aromatic carbocycles. The van der Waals surface area contributed by atoms with E-state index in [1.807, 2.05) is 5.01 Å². The summed E-state index contributed by atoms with van der Waals surface area (Å²) in [5, 5.41) is 1.87. The fourth-order valence-electron chi connectivity index (χ4n) is 1.76. The first-order valence-corrected chi connectivity index (χ1v) is 5.47. The number of hydrogen-bond acceptors (Lipinski definition) is 1. The third-order valence-electron chi connectivity index (χ3n) is 2.77. The third-order valence-corrected chi connectivity index (χ3v) is 2.77. The van der Waals surface area contributed by atoms with E-state index in [0.29, 0.717) is 5.41 Å². The highest BCUT2D eigenvalue weighted by atomic mass is 15.5. The molecule has 84 valence electrons. The van der Waals surface area contributed by atoms with Gasteiger partial charge in [0.05, 0.1) is 0 Å². The van der Waals surface area contributed by atoms with Crippen LogP contribution in [0.5, 0.6) is 0 Å². The van der Waals surface area contributed by atoms with Gasteiger partial charge in [0.1, 0.15) is 0 Å². The molecule has 0 atom stereocenters. The Labute approximate surface area is 93.3 Å². The molecule has 15 heavy (non-hydrogen) atoms. The number of allylic oxidation sites excluding steroid dienone is 4. The van der Waals surface area contributed by atoms with Gasteiger partial charge in [-0.15, -0.1) is 7.05 Å².